The molecular formula is C24H38O3. The van der Waals surface area contributed by atoms with Crippen LogP contribution in [0, 0.1) is 16.7 Å². The Labute approximate surface area is 165 Å². The number of hydrogen-bond acceptors (Lipinski definition) is 3. The molecule has 1 fully saturated rings. The van der Waals surface area contributed by atoms with Gasteiger partial charge in [0.1, 0.15) is 19.0 Å². The maximum absolute atomic E-state index is 11.8. The fourth-order valence-corrected chi connectivity index (χ4v) is 3.73. The minimum Gasteiger partial charge on any atom is -0.491 e. The van der Waals surface area contributed by atoms with Gasteiger partial charge in [-0.3, -0.25) is 4.79 Å². The number of ether oxygens (including phenoxy) is 2. The second-order valence-electron chi connectivity index (χ2n) is 10.1. The van der Waals surface area contributed by atoms with Crippen molar-refractivity contribution in [1.82, 2.24) is 0 Å². The van der Waals surface area contributed by atoms with Crippen LogP contribution in [-0.4, -0.2) is 25.6 Å². The van der Waals surface area contributed by atoms with Gasteiger partial charge in [0.25, 0.3) is 0 Å². The molecule has 0 N–H and O–H groups in total. The van der Waals surface area contributed by atoms with Crippen LogP contribution in [0.2, 0.25) is 0 Å². The predicted molar refractivity (Wildman–Crippen MR) is 111 cm³/mol. The van der Waals surface area contributed by atoms with E-state index in [9.17, 15) is 4.79 Å². The Balaban J connectivity index is 1.71. The Morgan fingerprint density at radius 1 is 0.926 bits per heavy atom. The van der Waals surface area contributed by atoms with E-state index in [0.29, 0.717) is 24.5 Å². The first kappa shape index (κ1) is 21.9. The molecule has 0 spiro atoms. The van der Waals surface area contributed by atoms with Gasteiger partial charge >= 0.3 is 0 Å². The summed E-state index contributed by atoms with van der Waals surface area (Å²) in [4.78, 5) is 11.8. The number of rotatable bonds is 7. The third-order valence-electron chi connectivity index (χ3n) is 5.87. The molecule has 0 amide bonds. The molecule has 0 saturated heterocycles. The van der Waals surface area contributed by atoms with E-state index in [2.05, 4.69) is 45.0 Å². The Morgan fingerprint density at radius 3 is 2.04 bits per heavy atom. The Morgan fingerprint density at radius 2 is 1.52 bits per heavy atom. The van der Waals surface area contributed by atoms with Crippen molar-refractivity contribution >= 4 is 5.78 Å². The van der Waals surface area contributed by atoms with E-state index in [-0.39, 0.29) is 17.8 Å². The van der Waals surface area contributed by atoms with Crippen molar-refractivity contribution in [2.24, 2.45) is 16.7 Å². The van der Waals surface area contributed by atoms with Crippen LogP contribution in [0.1, 0.15) is 78.7 Å². The van der Waals surface area contributed by atoms with E-state index in [1.165, 1.54) is 31.2 Å². The fraction of sp³-hybridized carbons (Fsp3) is 0.708. The van der Waals surface area contributed by atoms with Crippen molar-refractivity contribution in [2.45, 2.75) is 73.1 Å². The minimum absolute atomic E-state index is 0.119. The molecular weight excluding hydrogens is 336 g/mol. The van der Waals surface area contributed by atoms with Crippen LogP contribution >= 0.6 is 0 Å². The van der Waals surface area contributed by atoms with Gasteiger partial charge in [0.2, 0.25) is 0 Å². The van der Waals surface area contributed by atoms with Crippen LogP contribution in [0.5, 0.6) is 5.75 Å². The molecule has 0 radical (unpaired) electrons. The van der Waals surface area contributed by atoms with Crippen LogP contribution in [0.15, 0.2) is 24.3 Å². The maximum Gasteiger partial charge on any atom is 0.163 e. The largest absolute Gasteiger partial charge is 0.491 e. The van der Waals surface area contributed by atoms with Crippen molar-refractivity contribution in [3.63, 3.8) is 0 Å². The van der Waals surface area contributed by atoms with Gasteiger partial charge < -0.3 is 9.47 Å². The van der Waals surface area contributed by atoms with Crippen molar-refractivity contribution in [1.29, 1.82) is 0 Å². The highest BCUT2D eigenvalue weighted by molar-refractivity contribution is 5.84. The number of benzene rings is 1. The fourth-order valence-electron chi connectivity index (χ4n) is 3.73. The van der Waals surface area contributed by atoms with E-state index in [1.807, 2.05) is 20.8 Å². The van der Waals surface area contributed by atoms with Crippen LogP contribution in [0.3, 0.4) is 0 Å². The minimum atomic E-state index is -0.345. The Kier molecular flexibility index (Phi) is 7.50. The molecule has 0 bridgehead atoms. The number of ketones is 1. The summed E-state index contributed by atoms with van der Waals surface area (Å²) in [6.07, 6.45) is 5.24. The second kappa shape index (κ2) is 9.23. The smallest absolute Gasteiger partial charge is 0.163 e. The van der Waals surface area contributed by atoms with Crippen LogP contribution in [0.4, 0.5) is 0 Å². The zero-order valence-corrected chi connectivity index (χ0v) is 18.1. The predicted octanol–water partition coefficient (Wildman–Crippen LogP) is 6.02. The summed E-state index contributed by atoms with van der Waals surface area (Å²) in [5.41, 5.74) is 1.52. The highest BCUT2D eigenvalue weighted by atomic mass is 16.5. The molecule has 0 atom stereocenters. The highest BCUT2D eigenvalue weighted by Gasteiger charge is 2.30. The number of carbonyl (C=O) groups excluding carboxylic acids is 1. The molecule has 1 aliphatic rings. The first-order chi connectivity index (χ1) is 12.6. The molecule has 27 heavy (non-hydrogen) atoms. The summed E-state index contributed by atoms with van der Waals surface area (Å²) in [5.74, 6) is 2.52. The van der Waals surface area contributed by atoms with Gasteiger partial charge in [-0.1, -0.05) is 53.7 Å². The normalized spacial score (nSPS) is 21.1. The van der Waals surface area contributed by atoms with Gasteiger partial charge in [-0.05, 0) is 60.6 Å². The lowest BCUT2D eigenvalue weighted by molar-refractivity contribution is -0.131. The van der Waals surface area contributed by atoms with Gasteiger partial charge in [0.05, 0.1) is 6.61 Å². The van der Waals surface area contributed by atoms with Crippen molar-refractivity contribution in [2.75, 3.05) is 19.8 Å². The maximum atomic E-state index is 11.8. The van der Waals surface area contributed by atoms with Gasteiger partial charge in [-0.2, -0.15) is 0 Å². The van der Waals surface area contributed by atoms with Crippen molar-refractivity contribution in [3.05, 3.63) is 29.8 Å². The molecule has 3 heteroatoms. The van der Waals surface area contributed by atoms with E-state index in [1.54, 1.807) is 0 Å². The van der Waals surface area contributed by atoms with Gasteiger partial charge in [0, 0.05) is 5.41 Å². The number of Topliss-reactive ketones (excluding diaryl/α,β-unsaturated/α-hetero) is 1. The zero-order valence-electron chi connectivity index (χ0n) is 18.1. The quantitative estimate of drug-likeness (QED) is 0.548. The second-order valence-corrected chi connectivity index (χ2v) is 10.1. The molecule has 0 aliphatic heterocycles. The summed E-state index contributed by atoms with van der Waals surface area (Å²) in [5, 5.41) is 0. The van der Waals surface area contributed by atoms with E-state index < -0.39 is 0 Å². The monoisotopic (exact) mass is 374 g/mol. The highest BCUT2D eigenvalue weighted by Crippen LogP contribution is 2.43. The Bertz CT molecular complexity index is 582. The van der Waals surface area contributed by atoms with E-state index >= 15 is 0 Å². The van der Waals surface area contributed by atoms with Gasteiger partial charge in [0.15, 0.2) is 5.78 Å². The van der Waals surface area contributed by atoms with Crippen molar-refractivity contribution in [3.8, 4) is 5.75 Å². The average Bonchev–Trinajstić information content (AvgIpc) is 2.60. The van der Waals surface area contributed by atoms with E-state index in [4.69, 9.17) is 9.47 Å². The molecule has 0 unspecified atom stereocenters. The lowest BCUT2D eigenvalue weighted by atomic mass is 9.69. The lowest BCUT2D eigenvalue weighted by Gasteiger charge is -2.37. The molecule has 152 valence electrons. The van der Waals surface area contributed by atoms with Gasteiger partial charge in [-0.25, -0.2) is 0 Å². The molecule has 1 aromatic carbocycles. The lowest BCUT2D eigenvalue weighted by Crippen LogP contribution is -2.25. The number of hydrogen-bond donors (Lipinski definition) is 0. The molecule has 2 rings (SSSR count). The molecule has 1 aliphatic carbocycles. The summed E-state index contributed by atoms with van der Waals surface area (Å²) in [6.45, 7) is 13.9. The third-order valence-corrected chi connectivity index (χ3v) is 5.87. The van der Waals surface area contributed by atoms with Crippen molar-refractivity contribution < 1.29 is 14.3 Å². The molecule has 1 saturated carbocycles. The van der Waals surface area contributed by atoms with Crippen LogP contribution in [0.25, 0.3) is 0 Å². The molecule has 0 aromatic heterocycles. The summed E-state index contributed by atoms with van der Waals surface area (Å²) >= 11 is 0. The van der Waals surface area contributed by atoms with Crippen LogP contribution in [-0.2, 0) is 9.53 Å². The first-order valence-corrected chi connectivity index (χ1v) is 10.4. The van der Waals surface area contributed by atoms with Crippen LogP contribution < -0.4 is 4.74 Å². The third kappa shape index (κ3) is 6.95. The summed E-state index contributed by atoms with van der Waals surface area (Å²) in [6, 6.07) is 8.54. The Hall–Kier alpha value is -1.35. The molecule has 1 aromatic rings. The zero-order chi connectivity index (χ0) is 20.1. The van der Waals surface area contributed by atoms with E-state index in [0.717, 1.165) is 11.7 Å². The average molecular weight is 375 g/mol. The summed E-state index contributed by atoms with van der Waals surface area (Å²) in [7, 11) is 0. The SMILES string of the molecule is CC(C)(C)C(=O)COCCOc1ccc(C2CCC(C(C)(C)C)CC2)cc1. The molecule has 0 heterocycles. The summed E-state index contributed by atoms with van der Waals surface area (Å²) < 4.78 is 11.2. The topological polar surface area (TPSA) is 35.5 Å². The van der Waals surface area contributed by atoms with Gasteiger partial charge in [-0.15, -0.1) is 0 Å². The molecule has 3 nitrogen and oxygen atoms in total. The standard InChI is InChI=1S/C24H38O3/c1-23(2,3)20-11-7-18(8-12-20)19-9-13-21(14-10-19)27-16-15-26-17-22(25)24(4,5)6/h9-10,13-14,18,20H,7-8,11-12,15-17H2,1-6H3. The first-order valence-electron chi connectivity index (χ1n) is 10.4. The number of carbonyl (C=O) groups is 1.